The molecular formula is C22H28N4O5. The Labute approximate surface area is 181 Å². The van der Waals surface area contributed by atoms with Crippen molar-refractivity contribution in [1.29, 1.82) is 0 Å². The first-order valence-electron chi connectivity index (χ1n) is 9.64. The van der Waals surface area contributed by atoms with Crippen LogP contribution in [0.3, 0.4) is 0 Å². The highest BCUT2D eigenvalue weighted by Gasteiger charge is 2.24. The number of aliphatic carboxylic acids is 1. The molecule has 0 fully saturated rings. The molecule has 31 heavy (non-hydrogen) atoms. The van der Waals surface area contributed by atoms with Crippen molar-refractivity contribution in [2.45, 2.75) is 45.4 Å². The van der Waals surface area contributed by atoms with Gasteiger partial charge in [-0.05, 0) is 56.2 Å². The highest BCUT2D eigenvalue weighted by Crippen LogP contribution is 2.18. The molecule has 6 N–H and O–H groups in total. The summed E-state index contributed by atoms with van der Waals surface area (Å²) in [6.07, 6.45) is -0.669. The normalized spacial score (nSPS) is 11.8. The number of hydrogen-bond acceptors (Lipinski definition) is 5. The summed E-state index contributed by atoms with van der Waals surface area (Å²) in [5.74, 6) is -0.552. The Balaban J connectivity index is 1.95. The maximum Gasteiger partial charge on any atom is 0.408 e. The highest BCUT2D eigenvalue weighted by atomic mass is 16.6. The van der Waals surface area contributed by atoms with Gasteiger partial charge in [0.15, 0.2) is 5.96 Å². The van der Waals surface area contributed by atoms with Crippen molar-refractivity contribution in [2.24, 2.45) is 16.5 Å². The average Bonchev–Trinajstić information content (AvgIpc) is 2.65. The number of benzene rings is 2. The van der Waals surface area contributed by atoms with Crippen LogP contribution in [-0.2, 0) is 22.6 Å². The molecule has 0 heterocycles. The van der Waals surface area contributed by atoms with Crippen LogP contribution in [0.4, 0.5) is 10.5 Å². The number of alkyl carbamates (subject to hydrolysis) is 1. The lowest BCUT2D eigenvalue weighted by Crippen LogP contribution is -2.44. The summed E-state index contributed by atoms with van der Waals surface area (Å²) in [6, 6.07) is 13.2. The molecule has 9 nitrogen and oxygen atoms in total. The van der Waals surface area contributed by atoms with Crippen molar-refractivity contribution < 1.29 is 24.2 Å². The molecule has 9 heteroatoms. The van der Waals surface area contributed by atoms with Crippen LogP contribution in [0, 0.1) is 0 Å². The number of carbonyl (C=O) groups is 2. The fourth-order valence-corrected chi connectivity index (χ4v) is 2.64. The Kier molecular flexibility index (Phi) is 7.84. The van der Waals surface area contributed by atoms with E-state index in [-0.39, 0.29) is 12.4 Å². The third-order valence-electron chi connectivity index (χ3n) is 3.93. The molecule has 0 saturated carbocycles. The van der Waals surface area contributed by atoms with Gasteiger partial charge < -0.3 is 31.4 Å². The van der Waals surface area contributed by atoms with Gasteiger partial charge in [-0.2, -0.15) is 0 Å². The lowest BCUT2D eigenvalue weighted by atomic mass is 10.1. The van der Waals surface area contributed by atoms with Crippen molar-refractivity contribution >= 4 is 23.7 Å². The lowest BCUT2D eigenvalue weighted by molar-refractivity contribution is -0.139. The van der Waals surface area contributed by atoms with E-state index in [0.717, 1.165) is 11.1 Å². The second-order valence-corrected chi connectivity index (χ2v) is 7.88. The number of nitrogens with zero attached hydrogens (tertiary/aromatic N) is 1. The summed E-state index contributed by atoms with van der Waals surface area (Å²) < 4.78 is 10.9. The molecule has 1 unspecified atom stereocenters. The molecule has 0 aromatic heterocycles. The zero-order valence-electron chi connectivity index (χ0n) is 17.8. The monoisotopic (exact) mass is 428 g/mol. The van der Waals surface area contributed by atoms with Gasteiger partial charge in [0, 0.05) is 6.42 Å². The standard InChI is InChI=1S/C22H28N4O5/c1-22(2,3)31-21(29)26-18(19(27)28)12-14-7-9-17(10-8-14)30-13-15-5-4-6-16(11-15)25-20(23)24/h4-11,18H,12-13H2,1-3H3,(H,26,29)(H,27,28)(H4,23,24,25). The van der Waals surface area contributed by atoms with Gasteiger partial charge in [0.25, 0.3) is 0 Å². The largest absolute Gasteiger partial charge is 0.489 e. The molecule has 0 bridgehead atoms. The van der Waals surface area contributed by atoms with E-state index in [0.29, 0.717) is 18.0 Å². The number of carbonyl (C=O) groups excluding carboxylic acids is 1. The fraction of sp³-hybridized carbons (Fsp3) is 0.318. The number of carboxylic acids is 1. The van der Waals surface area contributed by atoms with Crippen LogP contribution in [0.25, 0.3) is 0 Å². The van der Waals surface area contributed by atoms with Crippen molar-refractivity contribution in [3.63, 3.8) is 0 Å². The number of rotatable bonds is 8. The van der Waals surface area contributed by atoms with Crippen LogP contribution >= 0.6 is 0 Å². The molecule has 0 spiro atoms. The maximum absolute atomic E-state index is 11.9. The van der Waals surface area contributed by atoms with E-state index >= 15 is 0 Å². The Morgan fingerprint density at radius 1 is 1.10 bits per heavy atom. The summed E-state index contributed by atoms with van der Waals surface area (Å²) in [5.41, 5.74) is 12.3. The number of amides is 1. The number of nitrogens with one attached hydrogen (secondary N) is 1. The molecule has 2 aromatic carbocycles. The topological polar surface area (TPSA) is 149 Å². The van der Waals surface area contributed by atoms with E-state index in [1.54, 1.807) is 51.1 Å². The van der Waals surface area contributed by atoms with Crippen molar-refractivity contribution in [1.82, 2.24) is 5.32 Å². The van der Waals surface area contributed by atoms with E-state index < -0.39 is 23.7 Å². The smallest absolute Gasteiger partial charge is 0.408 e. The van der Waals surface area contributed by atoms with Gasteiger partial charge in [0.2, 0.25) is 0 Å². The maximum atomic E-state index is 11.9. The molecule has 0 saturated heterocycles. The second kappa shape index (κ2) is 10.3. The van der Waals surface area contributed by atoms with Gasteiger partial charge >= 0.3 is 12.1 Å². The van der Waals surface area contributed by atoms with Gasteiger partial charge in [0.1, 0.15) is 24.0 Å². The van der Waals surface area contributed by atoms with Gasteiger partial charge in [-0.1, -0.05) is 24.3 Å². The first-order chi connectivity index (χ1) is 14.5. The lowest BCUT2D eigenvalue weighted by Gasteiger charge is -2.22. The SMILES string of the molecule is CC(C)(C)OC(=O)NC(Cc1ccc(OCc2cccc(N=C(N)N)c2)cc1)C(=O)O. The van der Waals surface area contributed by atoms with Crippen LogP contribution in [-0.4, -0.2) is 34.8 Å². The fourth-order valence-electron chi connectivity index (χ4n) is 2.64. The minimum atomic E-state index is -1.15. The molecule has 2 aromatic rings. The summed E-state index contributed by atoms with van der Waals surface area (Å²) in [5, 5.41) is 11.8. The quantitative estimate of drug-likeness (QED) is 0.373. The van der Waals surface area contributed by atoms with E-state index in [1.807, 2.05) is 18.2 Å². The van der Waals surface area contributed by atoms with Gasteiger partial charge in [0.05, 0.1) is 5.69 Å². The van der Waals surface area contributed by atoms with E-state index in [9.17, 15) is 14.7 Å². The van der Waals surface area contributed by atoms with Gasteiger partial charge in [-0.15, -0.1) is 0 Å². The Hall–Kier alpha value is -3.75. The van der Waals surface area contributed by atoms with Crippen molar-refractivity contribution in [3.8, 4) is 5.75 Å². The first kappa shape index (κ1) is 23.5. The summed E-state index contributed by atoms with van der Waals surface area (Å²) in [4.78, 5) is 27.4. The zero-order chi connectivity index (χ0) is 23.0. The molecule has 0 aliphatic heterocycles. The first-order valence-corrected chi connectivity index (χ1v) is 9.64. The minimum absolute atomic E-state index is 0.0190. The van der Waals surface area contributed by atoms with E-state index in [1.165, 1.54) is 0 Å². The number of hydrogen-bond donors (Lipinski definition) is 4. The summed E-state index contributed by atoms with van der Waals surface area (Å²) in [7, 11) is 0. The average molecular weight is 428 g/mol. The zero-order valence-corrected chi connectivity index (χ0v) is 17.8. The molecule has 2 rings (SSSR count). The number of guanidine groups is 1. The molecule has 1 amide bonds. The van der Waals surface area contributed by atoms with Crippen LogP contribution < -0.4 is 21.5 Å². The number of nitrogens with two attached hydrogens (primary N) is 2. The molecule has 166 valence electrons. The van der Waals surface area contributed by atoms with E-state index in [2.05, 4.69) is 10.3 Å². The van der Waals surface area contributed by atoms with Crippen LogP contribution in [0.5, 0.6) is 5.75 Å². The minimum Gasteiger partial charge on any atom is -0.489 e. The Morgan fingerprint density at radius 3 is 2.35 bits per heavy atom. The predicted octanol–water partition coefficient (Wildman–Crippen LogP) is 2.69. The van der Waals surface area contributed by atoms with Crippen molar-refractivity contribution in [2.75, 3.05) is 0 Å². The van der Waals surface area contributed by atoms with Crippen LogP contribution in [0.1, 0.15) is 31.9 Å². The Bertz CT molecular complexity index is 932. The van der Waals surface area contributed by atoms with Crippen LogP contribution in [0.15, 0.2) is 53.5 Å². The molecule has 0 aliphatic carbocycles. The number of carboxylic acid groups (broad SMARTS) is 1. The predicted molar refractivity (Wildman–Crippen MR) is 117 cm³/mol. The molecule has 1 atom stereocenters. The summed E-state index contributed by atoms with van der Waals surface area (Å²) in [6.45, 7) is 5.43. The van der Waals surface area contributed by atoms with Crippen molar-refractivity contribution in [3.05, 3.63) is 59.7 Å². The third kappa shape index (κ3) is 8.65. The summed E-state index contributed by atoms with van der Waals surface area (Å²) >= 11 is 0. The van der Waals surface area contributed by atoms with Gasteiger partial charge in [-0.3, -0.25) is 0 Å². The molecular weight excluding hydrogens is 400 g/mol. The highest BCUT2D eigenvalue weighted by molar-refractivity contribution is 5.80. The Morgan fingerprint density at radius 2 is 1.77 bits per heavy atom. The third-order valence-corrected chi connectivity index (χ3v) is 3.93. The molecule has 0 radical (unpaired) electrons. The second-order valence-electron chi connectivity index (χ2n) is 7.88. The van der Waals surface area contributed by atoms with Crippen LogP contribution in [0.2, 0.25) is 0 Å². The molecule has 0 aliphatic rings. The number of aliphatic imine (C=N–C) groups is 1. The van der Waals surface area contributed by atoms with Gasteiger partial charge in [-0.25, -0.2) is 14.6 Å². The number of ether oxygens (including phenoxy) is 2. The van der Waals surface area contributed by atoms with E-state index in [4.69, 9.17) is 20.9 Å².